The molecule has 0 bridgehead atoms. The van der Waals surface area contributed by atoms with Crippen LogP contribution in [0.15, 0.2) is 23.1 Å². The molecule has 0 spiro atoms. The van der Waals surface area contributed by atoms with Gasteiger partial charge in [0.05, 0.1) is 16.4 Å². The van der Waals surface area contributed by atoms with Crippen molar-refractivity contribution in [3.63, 3.8) is 0 Å². The maximum absolute atomic E-state index is 12.5. The van der Waals surface area contributed by atoms with Crippen LogP contribution in [0.4, 0.5) is 11.4 Å². The van der Waals surface area contributed by atoms with Crippen LogP contribution < -0.4 is 5.73 Å². The molecule has 2 N–H and O–H groups in total. The lowest BCUT2D eigenvalue weighted by Crippen LogP contribution is -2.34. The summed E-state index contributed by atoms with van der Waals surface area (Å²) in [5.74, 6) is 0. The number of hydrogen-bond acceptors (Lipinski definition) is 6. The first-order valence-electron chi connectivity index (χ1n) is 6.46. The number of nitrogens with zero attached hydrogens (tertiary/aromatic N) is 2. The molecule has 0 fully saturated rings. The monoisotopic (exact) mass is 317 g/mol. The van der Waals surface area contributed by atoms with E-state index in [9.17, 15) is 18.5 Å². The molecule has 0 radical (unpaired) electrons. The molecule has 21 heavy (non-hydrogen) atoms. The normalized spacial score (nSPS) is 11.8. The molecule has 8 nitrogen and oxygen atoms in total. The fraction of sp³-hybridized carbons (Fsp3) is 0.500. The summed E-state index contributed by atoms with van der Waals surface area (Å²) >= 11 is 0. The molecule has 0 saturated carbocycles. The lowest BCUT2D eigenvalue weighted by atomic mass is 10.3. The van der Waals surface area contributed by atoms with Crippen LogP contribution in [0.5, 0.6) is 0 Å². The van der Waals surface area contributed by atoms with Gasteiger partial charge in [-0.2, -0.15) is 4.31 Å². The van der Waals surface area contributed by atoms with Crippen molar-refractivity contribution in [2.75, 3.05) is 32.0 Å². The highest BCUT2D eigenvalue weighted by Crippen LogP contribution is 2.26. The molecule has 0 aliphatic rings. The van der Waals surface area contributed by atoms with Crippen molar-refractivity contribution < 1.29 is 18.1 Å². The molecule has 9 heteroatoms. The highest BCUT2D eigenvalue weighted by molar-refractivity contribution is 7.89. The van der Waals surface area contributed by atoms with Crippen LogP contribution >= 0.6 is 0 Å². The number of anilines is 1. The van der Waals surface area contributed by atoms with E-state index in [4.69, 9.17) is 10.5 Å². The zero-order chi connectivity index (χ0) is 16.0. The number of likely N-dealkylation sites (N-methyl/N-ethyl adjacent to an activating group) is 1. The molecule has 0 unspecified atom stereocenters. The van der Waals surface area contributed by atoms with Crippen molar-refractivity contribution in [2.24, 2.45) is 0 Å². The molecule has 0 aliphatic carbocycles. The van der Waals surface area contributed by atoms with Crippen LogP contribution in [0, 0.1) is 10.1 Å². The second-order valence-electron chi connectivity index (χ2n) is 4.17. The maximum Gasteiger partial charge on any atom is 0.293 e. The minimum atomic E-state index is -3.81. The number of nitrogens with two attached hydrogens (primary N) is 1. The summed E-state index contributed by atoms with van der Waals surface area (Å²) in [6.07, 6.45) is 0. The number of ether oxygens (including phenoxy) is 1. The highest BCUT2D eigenvalue weighted by Gasteiger charge is 2.25. The van der Waals surface area contributed by atoms with E-state index in [0.29, 0.717) is 6.61 Å². The Morgan fingerprint density at radius 2 is 2.05 bits per heavy atom. The molecular formula is C12H19N3O5S. The summed E-state index contributed by atoms with van der Waals surface area (Å²) in [6, 6.07) is 3.47. The Hall–Kier alpha value is -1.71. The molecule has 0 amide bonds. The largest absolute Gasteiger partial charge is 0.393 e. The first-order chi connectivity index (χ1) is 9.84. The molecule has 118 valence electrons. The predicted octanol–water partition coefficient (Wildman–Crippen LogP) is 1.22. The average molecular weight is 317 g/mol. The van der Waals surface area contributed by atoms with Gasteiger partial charge in [-0.25, -0.2) is 8.42 Å². The second-order valence-corrected chi connectivity index (χ2v) is 6.11. The van der Waals surface area contributed by atoms with Crippen molar-refractivity contribution in [3.05, 3.63) is 28.3 Å². The summed E-state index contributed by atoms with van der Waals surface area (Å²) in [6.45, 7) is 4.69. The van der Waals surface area contributed by atoms with Gasteiger partial charge in [0.1, 0.15) is 5.69 Å². The van der Waals surface area contributed by atoms with Gasteiger partial charge in [0.15, 0.2) is 0 Å². The Labute approximate surface area is 123 Å². The van der Waals surface area contributed by atoms with Gasteiger partial charge in [-0.1, -0.05) is 6.92 Å². The van der Waals surface area contributed by atoms with E-state index in [1.165, 1.54) is 16.4 Å². The Bertz CT molecular complexity index is 603. The van der Waals surface area contributed by atoms with Gasteiger partial charge in [0.2, 0.25) is 10.0 Å². The predicted molar refractivity (Wildman–Crippen MR) is 78.4 cm³/mol. The lowest BCUT2D eigenvalue weighted by molar-refractivity contribution is -0.384. The van der Waals surface area contributed by atoms with Gasteiger partial charge in [0, 0.05) is 25.8 Å². The third-order valence-corrected chi connectivity index (χ3v) is 4.85. The number of rotatable bonds is 8. The Kier molecular flexibility index (Phi) is 6.06. The van der Waals surface area contributed by atoms with Crippen LogP contribution in [0.3, 0.4) is 0 Å². The zero-order valence-corrected chi connectivity index (χ0v) is 12.8. The molecule has 0 aromatic heterocycles. The minimum Gasteiger partial charge on any atom is -0.393 e. The van der Waals surface area contributed by atoms with E-state index >= 15 is 0 Å². The molecule has 0 aliphatic heterocycles. The van der Waals surface area contributed by atoms with Gasteiger partial charge >= 0.3 is 0 Å². The number of hydrogen-bond donors (Lipinski definition) is 1. The molecule has 0 heterocycles. The van der Waals surface area contributed by atoms with Gasteiger partial charge in [0.25, 0.3) is 5.69 Å². The molecule has 0 atom stereocenters. The third-order valence-electron chi connectivity index (χ3n) is 2.88. The van der Waals surface area contributed by atoms with Gasteiger partial charge in [-0.3, -0.25) is 10.1 Å². The summed E-state index contributed by atoms with van der Waals surface area (Å²) in [4.78, 5) is 9.99. The quantitative estimate of drug-likeness (QED) is 0.333. The van der Waals surface area contributed by atoms with Crippen molar-refractivity contribution in [1.82, 2.24) is 4.31 Å². The van der Waals surface area contributed by atoms with Crippen LogP contribution in [0.25, 0.3) is 0 Å². The van der Waals surface area contributed by atoms with Crippen molar-refractivity contribution in [3.8, 4) is 0 Å². The van der Waals surface area contributed by atoms with E-state index in [-0.39, 0.29) is 30.3 Å². The number of nitrogen functional groups attached to an aromatic ring is 1. The maximum atomic E-state index is 12.5. The van der Waals surface area contributed by atoms with Gasteiger partial charge in [-0.05, 0) is 19.1 Å². The van der Waals surface area contributed by atoms with E-state index in [2.05, 4.69) is 0 Å². The first-order valence-corrected chi connectivity index (χ1v) is 7.90. The minimum absolute atomic E-state index is 0.0729. The van der Waals surface area contributed by atoms with E-state index < -0.39 is 20.6 Å². The average Bonchev–Trinajstić information content (AvgIpc) is 2.43. The van der Waals surface area contributed by atoms with E-state index in [1.807, 2.05) is 6.92 Å². The number of sulfonamides is 1. The van der Waals surface area contributed by atoms with Crippen LogP contribution in [0.2, 0.25) is 0 Å². The number of benzene rings is 1. The summed E-state index contributed by atoms with van der Waals surface area (Å²) in [5, 5.41) is 10.8. The smallest absolute Gasteiger partial charge is 0.293 e. The SMILES string of the molecule is CCOCCN(CC)S(=O)(=O)c1ccc(N)c([N+](=O)[O-])c1. The number of nitro groups is 1. The van der Waals surface area contributed by atoms with Gasteiger partial charge < -0.3 is 10.5 Å². The van der Waals surface area contributed by atoms with E-state index in [0.717, 1.165) is 6.07 Å². The van der Waals surface area contributed by atoms with Crippen molar-refractivity contribution in [2.45, 2.75) is 18.7 Å². The Morgan fingerprint density at radius 1 is 1.38 bits per heavy atom. The molecule has 0 saturated heterocycles. The second kappa shape index (κ2) is 7.34. The topological polar surface area (TPSA) is 116 Å². The summed E-state index contributed by atoms with van der Waals surface area (Å²) in [5.41, 5.74) is 4.98. The highest BCUT2D eigenvalue weighted by atomic mass is 32.2. The van der Waals surface area contributed by atoms with Crippen LogP contribution in [-0.4, -0.2) is 43.9 Å². The van der Waals surface area contributed by atoms with Crippen LogP contribution in [0.1, 0.15) is 13.8 Å². The van der Waals surface area contributed by atoms with Crippen molar-refractivity contribution >= 4 is 21.4 Å². The van der Waals surface area contributed by atoms with Crippen LogP contribution in [-0.2, 0) is 14.8 Å². The fourth-order valence-corrected chi connectivity index (χ4v) is 3.20. The zero-order valence-electron chi connectivity index (χ0n) is 12.0. The lowest BCUT2D eigenvalue weighted by Gasteiger charge is -2.20. The van der Waals surface area contributed by atoms with Crippen molar-refractivity contribution in [1.29, 1.82) is 0 Å². The first kappa shape index (κ1) is 17.3. The third kappa shape index (κ3) is 4.13. The Morgan fingerprint density at radius 3 is 2.57 bits per heavy atom. The molecule has 1 aromatic carbocycles. The summed E-state index contributed by atoms with van der Waals surface area (Å²) < 4.78 is 31.3. The van der Waals surface area contributed by atoms with Gasteiger partial charge in [-0.15, -0.1) is 0 Å². The molecule has 1 aromatic rings. The summed E-state index contributed by atoms with van der Waals surface area (Å²) in [7, 11) is -3.81. The fourth-order valence-electron chi connectivity index (χ4n) is 1.75. The molecule has 1 rings (SSSR count). The molecular weight excluding hydrogens is 298 g/mol. The standard InChI is InChI=1S/C12H19N3O5S/c1-3-14(7-8-20-4-2)21(18,19)10-5-6-11(13)12(9-10)15(16)17/h5-6,9H,3-4,7-8,13H2,1-2H3. The number of nitro benzene ring substituents is 1. The Balaban J connectivity index is 3.11. The van der Waals surface area contributed by atoms with E-state index in [1.54, 1.807) is 6.92 Å².